The number of carbonyl (C=O) groups is 1. The lowest BCUT2D eigenvalue weighted by molar-refractivity contribution is -0.117. The minimum atomic E-state index is 0.188. The van der Waals surface area contributed by atoms with E-state index in [4.69, 9.17) is 0 Å². The standard InChI is InChI=1S/C16H16NO/c18-16(11-14-7-3-1-4-8-14)13-17-12-15-9-5-2-6-10-15/h1-7,9-10,17H,11-13H2. The van der Waals surface area contributed by atoms with Crippen LogP contribution in [-0.4, -0.2) is 12.3 Å². The van der Waals surface area contributed by atoms with Crippen LogP contribution in [-0.2, 0) is 17.8 Å². The number of nitrogens with one attached hydrogen (secondary N) is 1. The van der Waals surface area contributed by atoms with E-state index in [1.165, 1.54) is 5.56 Å². The highest BCUT2D eigenvalue weighted by Crippen LogP contribution is 2.00. The van der Waals surface area contributed by atoms with Gasteiger partial charge in [-0.3, -0.25) is 4.79 Å². The molecule has 2 rings (SSSR count). The van der Waals surface area contributed by atoms with Gasteiger partial charge in [0.05, 0.1) is 6.54 Å². The molecule has 1 N–H and O–H groups in total. The van der Waals surface area contributed by atoms with Gasteiger partial charge >= 0.3 is 0 Å². The number of Topliss-reactive ketones (excluding diaryl/α,β-unsaturated/α-hetero) is 1. The van der Waals surface area contributed by atoms with Crippen molar-refractivity contribution in [1.29, 1.82) is 0 Å². The van der Waals surface area contributed by atoms with Gasteiger partial charge in [-0.25, -0.2) is 0 Å². The first-order valence-corrected chi connectivity index (χ1v) is 6.06. The summed E-state index contributed by atoms with van der Waals surface area (Å²) in [6.07, 6.45) is 0.447. The lowest BCUT2D eigenvalue weighted by atomic mass is 10.1. The van der Waals surface area contributed by atoms with E-state index in [9.17, 15) is 4.79 Å². The van der Waals surface area contributed by atoms with Gasteiger partial charge in [0.2, 0.25) is 0 Å². The number of carbonyl (C=O) groups excluding carboxylic acids is 1. The molecular formula is C16H16NO. The van der Waals surface area contributed by atoms with Crippen LogP contribution in [0.4, 0.5) is 0 Å². The molecule has 0 saturated carbocycles. The Kier molecular flexibility index (Phi) is 4.68. The van der Waals surface area contributed by atoms with E-state index in [1.54, 1.807) is 0 Å². The summed E-state index contributed by atoms with van der Waals surface area (Å²) in [6.45, 7) is 1.13. The zero-order valence-corrected chi connectivity index (χ0v) is 10.2. The van der Waals surface area contributed by atoms with Crippen LogP contribution in [0.25, 0.3) is 0 Å². The van der Waals surface area contributed by atoms with Crippen LogP contribution >= 0.6 is 0 Å². The summed E-state index contributed by atoms with van der Waals surface area (Å²) in [7, 11) is 0. The van der Waals surface area contributed by atoms with Crippen molar-refractivity contribution in [3.63, 3.8) is 0 Å². The average Bonchev–Trinajstić information content (AvgIpc) is 2.41. The van der Waals surface area contributed by atoms with Crippen molar-refractivity contribution in [3.05, 3.63) is 71.8 Å². The molecule has 2 heteroatoms. The molecule has 2 nitrogen and oxygen atoms in total. The molecule has 0 spiro atoms. The number of ketones is 1. The maximum absolute atomic E-state index is 11.7. The lowest BCUT2D eigenvalue weighted by Gasteiger charge is -2.04. The summed E-state index contributed by atoms with van der Waals surface area (Å²) in [5.41, 5.74) is 2.14. The normalized spacial score (nSPS) is 10.2. The zero-order valence-electron chi connectivity index (χ0n) is 10.2. The third-order valence-corrected chi connectivity index (χ3v) is 2.66. The summed E-state index contributed by atoms with van der Waals surface area (Å²) in [4.78, 5) is 11.7. The molecule has 2 aromatic rings. The highest BCUT2D eigenvalue weighted by molar-refractivity contribution is 5.82. The van der Waals surface area contributed by atoms with Crippen molar-refractivity contribution in [2.45, 2.75) is 13.0 Å². The van der Waals surface area contributed by atoms with Gasteiger partial charge in [0.25, 0.3) is 0 Å². The predicted octanol–water partition coefficient (Wildman–Crippen LogP) is 2.39. The van der Waals surface area contributed by atoms with E-state index in [-0.39, 0.29) is 5.78 Å². The van der Waals surface area contributed by atoms with E-state index in [1.807, 2.05) is 54.6 Å². The Labute approximate surface area is 108 Å². The maximum atomic E-state index is 11.7. The molecule has 0 aliphatic rings. The minimum absolute atomic E-state index is 0.188. The first kappa shape index (κ1) is 12.5. The van der Waals surface area contributed by atoms with Crippen molar-refractivity contribution in [2.24, 2.45) is 0 Å². The smallest absolute Gasteiger partial charge is 0.151 e. The fraction of sp³-hybridized carbons (Fsp3) is 0.188. The van der Waals surface area contributed by atoms with Gasteiger partial charge in [-0.15, -0.1) is 0 Å². The van der Waals surface area contributed by atoms with Gasteiger partial charge in [-0.05, 0) is 17.2 Å². The molecule has 0 aliphatic heterocycles. The van der Waals surface area contributed by atoms with Gasteiger partial charge in [0, 0.05) is 13.0 Å². The van der Waals surface area contributed by atoms with Crippen LogP contribution in [0.2, 0.25) is 0 Å². The Morgan fingerprint density at radius 1 is 1.06 bits per heavy atom. The van der Waals surface area contributed by atoms with Gasteiger partial charge in [0.1, 0.15) is 0 Å². The topological polar surface area (TPSA) is 29.1 Å². The SMILES string of the molecule is O=C(CNCc1ccccc1)Cc1[c]cccc1. The Bertz CT molecular complexity index is 479. The van der Waals surface area contributed by atoms with Crippen LogP contribution in [0.15, 0.2) is 54.6 Å². The summed E-state index contributed by atoms with van der Waals surface area (Å²) in [5.74, 6) is 0.188. The first-order valence-electron chi connectivity index (χ1n) is 6.06. The highest BCUT2D eigenvalue weighted by Gasteiger charge is 2.02. The number of hydrogen-bond acceptors (Lipinski definition) is 2. The second kappa shape index (κ2) is 6.72. The van der Waals surface area contributed by atoms with Crippen LogP contribution < -0.4 is 5.32 Å². The monoisotopic (exact) mass is 238 g/mol. The van der Waals surface area contributed by atoms with Gasteiger partial charge in [-0.2, -0.15) is 0 Å². The van der Waals surface area contributed by atoms with Gasteiger partial charge in [-0.1, -0.05) is 54.6 Å². The van der Waals surface area contributed by atoms with E-state index in [0.717, 1.165) is 12.1 Å². The molecule has 0 heterocycles. The number of hydrogen-bond donors (Lipinski definition) is 1. The summed E-state index contributed by atoms with van der Waals surface area (Å²) < 4.78 is 0. The maximum Gasteiger partial charge on any atom is 0.151 e. The molecule has 0 unspecified atom stereocenters. The fourth-order valence-corrected chi connectivity index (χ4v) is 1.76. The molecule has 0 fully saturated rings. The van der Waals surface area contributed by atoms with Gasteiger partial charge in [0.15, 0.2) is 5.78 Å². The van der Waals surface area contributed by atoms with Crippen LogP contribution in [0, 0.1) is 6.07 Å². The lowest BCUT2D eigenvalue weighted by Crippen LogP contribution is -2.23. The second-order valence-electron chi connectivity index (χ2n) is 4.19. The van der Waals surface area contributed by atoms with Gasteiger partial charge < -0.3 is 5.32 Å². The first-order chi connectivity index (χ1) is 8.84. The highest BCUT2D eigenvalue weighted by atomic mass is 16.1. The van der Waals surface area contributed by atoms with Crippen molar-refractivity contribution >= 4 is 5.78 Å². The van der Waals surface area contributed by atoms with Crippen molar-refractivity contribution in [2.75, 3.05) is 6.54 Å². The molecule has 0 amide bonds. The molecule has 0 bridgehead atoms. The van der Waals surface area contributed by atoms with Crippen LogP contribution in [0.5, 0.6) is 0 Å². The molecule has 91 valence electrons. The molecule has 0 aliphatic carbocycles. The number of benzene rings is 2. The van der Waals surface area contributed by atoms with E-state index < -0.39 is 0 Å². The fourth-order valence-electron chi connectivity index (χ4n) is 1.76. The minimum Gasteiger partial charge on any atom is -0.306 e. The van der Waals surface area contributed by atoms with Crippen LogP contribution in [0.1, 0.15) is 11.1 Å². The third kappa shape index (κ3) is 4.15. The van der Waals surface area contributed by atoms with E-state index in [2.05, 4.69) is 11.4 Å². The van der Waals surface area contributed by atoms with E-state index in [0.29, 0.717) is 13.0 Å². The Balaban J connectivity index is 1.73. The zero-order chi connectivity index (χ0) is 12.6. The predicted molar refractivity (Wildman–Crippen MR) is 72.1 cm³/mol. The molecule has 18 heavy (non-hydrogen) atoms. The third-order valence-electron chi connectivity index (χ3n) is 2.66. The molecule has 2 aromatic carbocycles. The molecule has 1 radical (unpaired) electrons. The molecule has 0 atom stereocenters. The summed E-state index contributed by atoms with van der Waals surface area (Å²) >= 11 is 0. The molecule has 0 saturated heterocycles. The molecule has 0 aromatic heterocycles. The summed E-state index contributed by atoms with van der Waals surface area (Å²) in [6, 6.07) is 20.7. The van der Waals surface area contributed by atoms with E-state index >= 15 is 0 Å². The van der Waals surface area contributed by atoms with Crippen molar-refractivity contribution in [3.8, 4) is 0 Å². The Hall–Kier alpha value is -1.93. The Morgan fingerprint density at radius 3 is 2.56 bits per heavy atom. The van der Waals surface area contributed by atoms with Crippen molar-refractivity contribution in [1.82, 2.24) is 5.32 Å². The summed E-state index contributed by atoms with van der Waals surface area (Å²) in [5, 5.41) is 3.16. The Morgan fingerprint density at radius 2 is 1.83 bits per heavy atom. The average molecular weight is 238 g/mol. The number of rotatable bonds is 6. The molecular weight excluding hydrogens is 222 g/mol. The van der Waals surface area contributed by atoms with Crippen molar-refractivity contribution < 1.29 is 4.79 Å². The quantitative estimate of drug-likeness (QED) is 0.837. The van der Waals surface area contributed by atoms with Crippen LogP contribution in [0.3, 0.4) is 0 Å². The second-order valence-corrected chi connectivity index (χ2v) is 4.19. The largest absolute Gasteiger partial charge is 0.306 e.